The fourth-order valence-corrected chi connectivity index (χ4v) is 2.50. The summed E-state index contributed by atoms with van der Waals surface area (Å²) < 4.78 is 9.85. The highest BCUT2D eigenvalue weighted by Crippen LogP contribution is 2.20. The lowest BCUT2D eigenvalue weighted by Gasteiger charge is -2.16. The smallest absolute Gasteiger partial charge is 0.339 e. The van der Waals surface area contributed by atoms with E-state index in [1.54, 1.807) is 26.0 Å². The number of amides is 2. The Bertz CT molecular complexity index is 777. The van der Waals surface area contributed by atoms with Crippen molar-refractivity contribution in [2.45, 2.75) is 20.4 Å². The topological polar surface area (TPSA) is 105 Å². The maximum absolute atomic E-state index is 12.6. The number of nitrogens with one attached hydrogen (secondary N) is 2. The predicted octanol–water partition coefficient (Wildman–Crippen LogP) is 1.40. The van der Waals surface area contributed by atoms with Crippen molar-refractivity contribution in [3.63, 3.8) is 0 Å². The average molecular weight is 347 g/mol. The first-order valence-electron chi connectivity index (χ1n) is 7.67. The van der Waals surface area contributed by atoms with Gasteiger partial charge in [-0.1, -0.05) is 0 Å². The number of nitrogens with zero attached hydrogens (tertiary/aromatic N) is 1. The molecule has 2 aromatic heterocycles. The number of hydrogen-bond acceptors (Lipinski definition) is 5. The minimum Gasteiger partial charge on any atom is -0.467 e. The summed E-state index contributed by atoms with van der Waals surface area (Å²) in [5.41, 5.74) is 1.64. The number of methoxy groups -OCH3 is 1. The number of carbonyl (C=O) groups excluding carboxylic acids is 3. The quantitative estimate of drug-likeness (QED) is 0.769. The van der Waals surface area contributed by atoms with Gasteiger partial charge in [-0.3, -0.25) is 9.59 Å². The zero-order chi connectivity index (χ0) is 18.6. The van der Waals surface area contributed by atoms with Crippen LogP contribution in [0.1, 0.15) is 37.9 Å². The molecule has 0 aliphatic carbocycles. The summed E-state index contributed by atoms with van der Waals surface area (Å²) in [4.78, 5) is 40.5. The van der Waals surface area contributed by atoms with Crippen LogP contribution in [0.5, 0.6) is 0 Å². The van der Waals surface area contributed by atoms with E-state index >= 15 is 0 Å². The summed E-state index contributed by atoms with van der Waals surface area (Å²) in [6.45, 7) is 3.48. The van der Waals surface area contributed by atoms with Gasteiger partial charge >= 0.3 is 5.97 Å². The molecule has 0 fully saturated rings. The predicted molar refractivity (Wildman–Crippen MR) is 89.1 cm³/mol. The third-order valence-electron chi connectivity index (χ3n) is 3.81. The van der Waals surface area contributed by atoms with Gasteiger partial charge in [-0.15, -0.1) is 0 Å². The average Bonchev–Trinajstić information content (AvgIpc) is 3.19. The molecule has 0 aromatic carbocycles. The van der Waals surface area contributed by atoms with Gasteiger partial charge in [0, 0.05) is 12.7 Å². The zero-order valence-corrected chi connectivity index (χ0v) is 14.6. The number of aromatic nitrogens is 1. The minimum atomic E-state index is -0.510. The molecule has 0 radical (unpaired) electrons. The van der Waals surface area contributed by atoms with Crippen LogP contribution < -0.4 is 5.32 Å². The van der Waals surface area contributed by atoms with Crippen LogP contribution in [0.2, 0.25) is 0 Å². The third-order valence-corrected chi connectivity index (χ3v) is 3.81. The molecule has 0 aliphatic rings. The number of esters is 1. The van der Waals surface area contributed by atoms with Gasteiger partial charge in [-0.25, -0.2) is 4.79 Å². The van der Waals surface area contributed by atoms with E-state index in [0.717, 1.165) is 0 Å². The molecule has 8 nitrogen and oxygen atoms in total. The highest BCUT2D eigenvalue weighted by Gasteiger charge is 2.25. The Morgan fingerprint density at radius 3 is 2.64 bits per heavy atom. The third kappa shape index (κ3) is 4.09. The molecule has 8 heteroatoms. The Morgan fingerprint density at radius 1 is 1.32 bits per heavy atom. The maximum atomic E-state index is 12.6. The van der Waals surface area contributed by atoms with Crippen molar-refractivity contribution in [3.8, 4) is 0 Å². The lowest BCUT2D eigenvalue weighted by molar-refractivity contribution is -0.121. The van der Waals surface area contributed by atoms with Crippen LogP contribution in [-0.4, -0.2) is 48.4 Å². The maximum Gasteiger partial charge on any atom is 0.339 e. The van der Waals surface area contributed by atoms with E-state index in [-0.39, 0.29) is 30.6 Å². The summed E-state index contributed by atoms with van der Waals surface area (Å²) in [5, 5.41) is 2.67. The van der Waals surface area contributed by atoms with E-state index in [1.165, 1.54) is 25.3 Å². The monoisotopic (exact) mass is 347 g/mol. The first kappa shape index (κ1) is 18.3. The van der Waals surface area contributed by atoms with Crippen LogP contribution in [0.4, 0.5) is 0 Å². The molecule has 25 heavy (non-hydrogen) atoms. The number of aromatic amines is 1. The van der Waals surface area contributed by atoms with E-state index in [1.807, 2.05) is 0 Å². The van der Waals surface area contributed by atoms with Crippen molar-refractivity contribution in [1.82, 2.24) is 15.2 Å². The Morgan fingerprint density at radius 2 is 2.04 bits per heavy atom. The standard InChI is InChI=1S/C17H21N3O5/c1-10-14(17(23)24-4)11(2)19-15(10)16(22)20(3)9-13(21)18-8-12-6-5-7-25-12/h5-7,19H,8-9H2,1-4H3,(H,18,21). The summed E-state index contributed by atoms with van der Waals surface area (Å²) >= 11 is 0. The first-order chi connectivity index (χ1) is 11.8. The van der Waals surface area contributed by atoms with Crippen molar-refractivity contribution in [3.05, 3.63) is 46.7 Å². The molecule has 0 spiro atoms. The molecular formula is C17H21N3O5. The molecule has 0 aliphatic heterocycles. The van der Waals surface area contributed by atoms with Crippen LogP contribution in [-0.2, 0) is 16.1 Å². The van der Waals surface area contributed by atoms with Crippen molar-refractivity contribution in [1.29, 1.82) is 0 Å². The summed E-state index contributed by atoms with van der Waals surface area (Å²) in [6.07, 6.45) is 1.52. The van der Waals surface area contributed by atoms with Crippen LogP contribution in [0.25, 0.3) is 0 Å². The molecule has 2 rings (SSSR count). The first-order valence-corrected chi connectivity index (χ1v) is 7.67. The van der Waals surface area contributed by atoms with Crippen molar-refractivity contribution >= 4 is 17.8 Å². The SMILES string of the molecule is COC(=O)c1c(C)[nH]c(C(=O)N(C)CC(=O)NCc2ccco2)c1C. The number of H-pyrrole nitrogens is 1. The lowest BCUT2D eigenvalue weighted by Crippen LogP contribution is -2.38. The van der Waals surface area contributed by atoms with Crippen molar-refractivity contribution < 1.29 is 23.5 Å². The highest BCUT2D eigenvalue weighted by molar-refractivity contribution is 6.01. The Kier molecular flexibility index (Phi) is 5.63. The molecule has 0 saturated heterocycles. The second-order valence-electron chi connectivity index (χ2n) is 5.63. The second-order valence-corrected chi connectivity index (χ2v) is 5.63. The lowest BCUT2D eigenvalue weighted by atomic mass is 10.1. The summed E-state index contributed by atoms with van der Waals surface area (Å²) in [7, 11) is 2.80. The molecule has 2 amide bonds. The van der Waals surface area contributed by atoms with Gasteiger partial charge in [0.15, 0.2) is 0 Å². The van der Waals surface area contributed by atoms with Gasteiger partial charge in [0.2, 0.25) is 5.91 Å². The van der Waals surface area contributed by atoms with Crippen LogP contribution in [0.3, 0.4) is 0 Å². The molecule has 0 unspecified atom stereocenters. The van der Waals surface area contributed by atoms with E-state index < -0.39 is 5.97 Å². The normalized spacial score (nSPS) is 10.4. The minimum absolute atomic E-state index is 0.120. The number of carbonyl (C=O) groups is 3. The fourth-order valence-electron chi connectivity index (χ4n) is 2.50. The number of ether oxygens (including phenoxy) is 1. The van der Waals surface area contributed by atoms with Gasteiger partial charge in [0.25, 0.3) is 5.91 Å². The molecule has 2 aromatic rings. The van der Waals surface area contributed by atoms with Crippen LogP contribution in [0.15, 0.2) is 22.8 Å². The van der Waals surface area contributed by atoms with E-state index in [2.05, 4.69) is 10.3 Å². The summed E-state index contributed by atoms with van der Waals surface area (Å²) in [6, 6.07) is 3.47. The molecule has 2 heterocycles. The van der Waals surface area contributed by atoms with E-state index in [0.29, 0.717) is 22.6 Å². The number of aryl methyl sites for hydroxylation is 1. The number of hydrogen-bond donors (Lipinski definition) is 2. The molecule has 0 saturated carbocycles. The molecule has 0 atom stereocenters. The molecule has 2 N–H and O–H groups in total. The molecule has 0 bridgehead atoms. The number of likely N-dealkylation sites (N-methyl/N-ethyl adjacent to an activating group) is 1. The van der Waals surface area contributed by atoms with E-state index in [9.17, 15) is 14.4 Å². The van der Waals surface area contributed by atoms with Crippen molar-refractivity contribution in [2.24, 2.45) is 0 Å². The molecular weight excluding hydrogens is 326 g/mol. The Labute approximate surface area is 145 Å². The van der Waals surface area contributed by atoms with Gasteiger partial charge in [0.1, 0.15) is 11.5 Å². The van der Waals surface area contributed by atoms with Crippen molar-refractivity contribution in [2.75, 3.05) is 20.7 Å². The second kappa shape index (κ2) is 7.69. The number of rotatable bonds is 6. The Balaban J connectivity index is 2.02. The summed E-state index contributed by atoms with van der Waals surface area (Å²) in [5.74, 6) is -0.588. The number of furan rings is 1. The van der Waals surface area contributed by atoms with Crippen LogP contribution in [0, 0.1) is 13.8 Å². The van der Waals surface area contributed by atoms with Gasteiger partial charge in [0.05, 0.1) is 32.0 Å². The van der Waals surface area contributed by atoms with E-state index in [4.69, 9.17) is 9.15 Å². The van der Waals surface area contributed by atoms with Gasteiger partial charge < -0.3 is 24.4 Å². The largest absolute Gasteiger partial charge is 0.467 e. The van der Waals surface area contributed by atoms with Crippen LogP contribution >= 0.6 is 0 Å². The Hall–Kier alpha value is -3.03. The zero-order valence-electron chi connectivity index (χ0n) is 14.6. The van der Waals surface area contributed by atoms with Gasteiger partial charge in [-0.05, 0) is 31.5 Å². The van der Waals surface area contributed by atoms with Gasteiger partial charge in [-0.2, -0.15) is 0 Å². The highest BCUT2D eigenvalue weighted by atomic mass is 16.5. The molecule has 134 valence electrons. The fraction of sp³-hybridized carbons (Fsp3) is 0.353.